The van der Waals surface area contributed by atoms with Gasteiger partial charge in [0.25, 0.3) is 0 Å². The monoisotopic (exact) mass is 443 g/mol. The van der Waals surface area contributed by atoms with E-state index in [0.29, 0.717) is 0 Å². The predicted molar refractivity (Wildman–Crippen MR) is 122 cm³/mol. The molecular formula is C21H32AlCl2NOS. The fraction of sp³-hybridized carbons (Fsp3) is 0.667. The lowest BCUT2D eigenvalue weighted by atomic mass is 9.90. The van der Waals surface area contributed by atoms with E-state index in [4.69, 9.17) is 23.9 Å². The first-order valence-electron chi connectivity index (χ1n) is 10.5. The molecule has 0 aromatic rings. The number of fused-ring (bicyclic) bond motifs is 2. The average Bonchev–Trinajstić information content (AvgIpc) is 2.85. The number of halogens is 2. The van der Waals surface area contributed by atoms with E-state index in [1.807, 2.05) is 0 Å². The van der Waals surface area contributed by atoms with Crippen molar-refractivity contribution in [3.63, 3.8) is 0 Å². The molecule has 1 heterocycles. The molecule has 0 fully saturated rings. The summed E-state index contributed by atoms with van der Waals surface area (Å²) in [6.45, 7) is 2.18. The topological polar surface area (TPSA) is 12.5 Å². The van der Waals surface area contributed by atoms with E-state index in [2.05, 4.69) is 37.1 Å². The van der Waals surface area contributed by atoms with Gasteiger partial charge >= 0.3 is 12.6 Å². The van der Waals surface area contributed by atoms with Crippen LogP contribution in [0.15, 0.2) is 35.1 Å². The van der Waals surface area contributed by atoms with Gasteiger partial charge in [0.1, 0.15) is 5.75 Å². The second-order valence-electron chi connectivity index (χ2n) is 7.69. The van der Waals surface area contributed by atoms with Crippen molar-refractivity contribution >= 4 is 44.5 Å². The Bertz CT molecular complexity index is 607. The molecule has 0 bridgehead atoms. The minimum Gasteiger partial charge on any atom is -0.440 e. The van der Waals surface area contributed by atoms with Crippen LogP contribution in [0, 0.1) is 6.04 Å². The van der Waals surface area contributed by atoms with Gasteiger partial charge in [-0.1, -0.05) is 63.5 Å². The van der Waals surface area contributed by atoms with Crippen molar-refractivity contribution in [3.8, 4) is 0 Å². The van der Waals surface area contributed by atoms with Crippen LogP contribution in [0.4, 0.5) is 0 Å². The van der Waals surface area contributed by atoms with Crippen LogP contribution in [0.5, 0.6) is 0 Å². The zero-order valence-corrected chi connectivity index (χ0v) is 20.2. The molecule has 0 amide bonds. The Labute approximate surface area is 182 Å². The van der Waals surface area contributed by atoms with Gasteiger partial charge in [0.15, 0.2) is 4.93 Å². The number of hydrogen-bond acceptors (Lipinski definition) is 2. The summed E-state index contributed by atoms with van der Waals surface area (Å²) in [5.41, 5.74) is 4.44. The summed E-state index contributed by atoms with van der Waals surface area (Å²) in [6, 6.07) is 1.32. The third kappa shape index (κ3) is 5.47. The van der Waals surface area contributed by atoms with Crippen molar-refractivity contribution in [3.05, 3.63) is 41.1 Å². The normalized spacial score (nSPS) is 26.9. The Morgan fingerprint density at radius 1 is 1.11 bits per heavy atom. The van der Waals surface area contributed by atoms with Crippen LogP contribution in [-0.4, -0.2) is 35.3 Å². The zero-order chi connectivity index (χ0) is 19.3. The molecule has 1 unspecified atom stereocenters. The van der Waals surface area contributed by atoms with Crippen molar-refractivity contribution in [2.45, 2.75) is 76.1 Å². The number of nitrogens with zero attached hydrogens (tertiary/aromatic N) is 1. The molecule has 2 aliphatic carbocycles. The first kappa shape index (κ1) is 22.0. The van der Waals surface area contributed by atoms with Gasteiger partial charge in [-0.25, -0.2) is 0 Å². The maximum atomic E-state index is 6.15. The predicted octanol–water partition coefficient (Wildman–Crippen LogP) is 6.14. The third-order valence-electron chi connectivity index (χ3n) is 5.82. The van der Waals surface area contributed by atoms with E-state index in [-0.39, 0.29) is 0 Å². The molecule has 2 nitrogen and oxygen atoms in total. The Kier molecular flexibility index (Phi) is 8.46. The highest BCUT2D eigenvalue weighted by Crippen LogP contribution is 2.47. The highest BCUT2D eigenvalue weighted by atomic mass is 35.7. The van der Waals surface area contributed by atoms with Crippen molar-refractivity contribution < 1.29 is 3.79 Å². The molecule has 0 aromatic heterocycles. The van der Waals surface area contributed by atoms with Crippen molar-refractivity contribution in [2.75, 3.05) is 12.8 Å². The van der Waals surface area contributed by atoms with E-state index in [9.17, 15) is 0 Å². The van der Waals surface area contributed by atoms with Crippen molar-refractivity contribution in [2.24, 2.45) is 0 Å². The molecule has 27 heavy (non-hydrogen) atoms. The molecule has 0 saturated carbocycles. The van der Waals surface area contributed by atoms with Crippen LogP contribution in [-0.2, 0) is 15.6 Å². The molecule has 0 spiro atoms. The highest BCUT2D eigenvalue weighted by Gasteiger charge is 2.39. The van der Waals surface area contributed by atoms with Gasteiger partial charge < -0.3 is 8.69 Å². The van der Waals surface area contributed by atoms with E-state index in [1.54, 1.807) is 5.57 Å². The maximum Gasteiger partial charge on any atom is 0.728 e. The average molecular weight is 444 g/mol. The Balaban J connectivity index is 1.91. The van der Waals surface area contributed by atoms with Gasteiger partial charge in [0.05, 0.1) is 0 Å². The Hall–Kier alpha value is 0.312. The lowest BCUT2D eigenvalue weighted by molar-refractivity contribution is 0.278. The van der Waals surface area contributed by atoms with E-state index in [1.165, 1.54) is 93.3 Å². The van der Waals surface area contributed by atoms with Gasteiger partial charge in [0.2, 0.25) is 0 Å². The van der Waals surface area contributed by atoms with Crippen molar-refractivity contribution in [1.29, 1.82) is 0 Å². The molecule has 6 heteroatoms. The number of allylic oxidation sites excluding steroid dienone is 1. The van der Waals surface area contributed by atoms with Gasteiger partial charge in [-0.05, 0) is 43.3 Å². The van der Waals surface area contributed by atoms with Gasteiger partial charge in [-0.2, -0.15) is 20.1 Å². The summed E-state index contributed by atoms with van der Waals surface area (Å²) in [5.74, 6) is 1.01. The summed E-state index contributed by atoms with van der Waals surface area (Å²) < 4.78 is 6.12. The first-order chi connectivity index (χ1) is 13.1. The fourth-order valence-corrected chi connectivity index (χ4v) is 7.70. The highest BCUT2D eigenvalue weighted by molar-refractivity contribution is 7.80. The lowest BCUT2D eigenvalue weighted by Crippen LogP contribution is -2.37. The molecule has 0 saturated heterocycles. The second-order valence-corrected chi connectivity index (χ2v) is 13.1. The van der Waals surface area contributed by atoms with E-state index in [0.717, 1.165) is 5.75 Å². The number of thiol groups is 1. The first-order valence-corrected chi connectivity index (χ1v) is 15.5. The smallest absolute Gasteiger partial charge is 0.440 e. The molecule has 1 aliphatic heterocycles. The zero-order valence-electron chi connectivity index (χ0n) is 16.6. The summed E-state index contributed by atoms with van der Waals surface area (Å²) in [7, 11) is 14.5. The summed E-state index contributed by atoms with van der Waals surface area (Å²) in [5, 5.41) is 0. The fourth-order valence-electron chi connectivity index (χ4n) is 4.51. The molecular weight excluding hydrogens is 412 g/mol. The Morgan fingerprint density at radius 3 is 2.37 bits per heavy atom. The molecule has 0 aromatic carbocycles. The molecule has 1 atom stereocenters. The molecule has 3 aliphatic rings. The van der Waals surface area contributed by atoms with Crippen molar-refractivity contribution in [1.82, 2.24) is 4.90 Å². The van der Waals surface area contributed by atoms with Gasteiger partial charge in [-0.3, -0.25) is 0 Å². The molecule has 150 valence electrons. The van der Waals surface area contributed by atoms with Gasteiger partial charge in [-0.15, -0.1) is 17.2 Å². The second kappa shape index (κ2) is 10.4. The van der Waals surface area contributed by atoms with Crippen LogP contribution < -0.4 is 0 Å². The molecule has 0 radical (unpaired) electrons. The largest absolute Gasteiger partial charge is 0.728 e. The maximum absolute atomic E-state index is 6.15. The van der Waals surface area contributed by atoms with Crippen LogP contribution in [0.25, 0.3) is 0 Å². The number of rotatable bonds is 4. The third-order valence-corrected chi connectivity index (χ3v) is 8.32. The quantitative estimate of drug-likeness (QED) is 0.224. The van der Waals surface area contributed by atoms with Crippen LogP contribution in [0.2, 0.25) is 0 Å². The number of hydrogen-bond donors (Lipinski definition) is 0. The SMILES string of the molecule is CC[SH+]C1([O][Al]([Cl])[Cl])C=C[C-]2C(=C1)C1=C(CCCCCCCCCC1)N2C. The van der Waals surface area contributed by atoms with Gasteiger partial charge in [0, 0.05) is 7.05 Å². The van der Waals surface area contributed by atoms with E-state index >= 15 is 0 Å². The minimum atomic E-state index is -2.17. The molecule has 0 N–H and O–H groups in total. The lowest BCUT2D eigenvalue weighted by Gasteiger charge is -2.37. The number of likely N-dealkylation sites (N-methyl/N-ethyl adjacent to an activating group) is 1. The standard InChI is InChI=1S/C21H31NOS.Al.2ClH/c1-3-24-21(23)15-14-20-18(16-21)17-12-10-8-6-4-5-7-9-11-13-19(17)22(20)2;;;/h14-16H,3-13H2,1-2H3;;2*1H/q-2;+3;;/p-1. The van der Waals surface area contributed by atoms with E-state index < -0.39 is 17.6 Å². The van der Waals surface area contributed by atoms with Crippen LogP contribution >= 0.6 is 20.1 Å². The summed E-state index contributed by atoms with van der Waals surface area (Å²) >= 11 is -0.966. The Morgan fingerprint density at radius 2 is 1.74 bits per heavy atom. The minimum absolute atomic E-state index is 0.457. The van der Waals surface area contributed by atoms with Crippen LogP contribution in [0.1, 0.15) is 71.1 Å². The molecule has 3 rings (SSSR count). The van der Waals surface area contributed by atoms with Crippen LogP contribution in [0.3, 0.4) is 0 Å². The summed E-state index contributed by atoms with van der Waals surface area (Å²) in [6.07, 6.45) is 19.9. The summed E-state index contributed by atoms with van der Waals surface area (Å²) in [4.78, 5) is 1.97.